The van der Waals surface area contributed by atoms with Crippen LogP contribution in [0.15, 0.2) is 34.9 Å². The Balaban J connectivity index is 1.91. The van der Waals surface area contributed by atoms with Crippen LogP contribution >= 0.6 is 0 Å². The SMILES string of the molecule is CCCN(CCC)C1=C(S(=O)(=O)N(C2CCCCC2)C2CCCCC2)C(=O)c2ccccc2C1=O. The van der Waals surface area contributed by atoms with Gasteiger partial charge in [-0.25, -0.2) is 8.42 Å². The molecule has 0 radical (unpaired) electrons. The summed E-state index contributed by atoms with van der Waals surface area (Å²) < 4.78 is 31.0. The molecule has 1 aromatic rings. The van der Waals surface area contributed by atoms with Crippen molar-refractivity contribution in [2.45, 2.75) is 103 Å². The highest BCUT2D eigenvalue weighted by Crippen LogP contribution is 2.39. The number of Topliss-reactive ketones (excluding diaryl/α,β-unsaturated/α-hetero) is 2. The van der Waals surface area contributed by atoms with Gasteiger partial charge in [-0.1, -0.05) is 76.6 Å². The van der Waals surface area contributed by atoms with Crippen LogP contribution in [0.1, 0.15) is 112 Å². The molecule has 0 unspecified atom stereocenters. The normalized spacial score (nSPS) is 20.4. The van der Waals surface area contributed by atoms with Gasteiger partial charge in [-0.2, -0.15) is 4.31 Å². The number of hydrogen-bond donors (Lipinski definition) is 0. The highest BCUT2D eigenvalue weighted by Gasteiger charge is 2.47. The second-order valence-electron chi connectivity index (χ2n) is 10.3. The van der Waals surface area contributed by atoms with E-state index in [1.54, 1.807) is 28.6 Å². The number of ketones is 2. The maximum absolute atomic E-state index is 14.6. The molecule has 0 aliphatic heterocycles. The van der Waals surface area contributed by atoms with Crippen molar-refractivity contribution in [3.8, 4) is 0 Å². The number of sulfonamides is 1. The monoisotopic (exact) mass is 500 g/mol. The highest BCUT2D eigenvalue weighted by atomic mass is 32.2. The van der Waals surface area contributed by atoms with Gasteiger partial charge in [0.15, 0.2) is 4.91 Å². The Morgan fingerprint density at radius 3 is 1.66 bits per heavy atom. The molecule has 3 aliphatic carbocycles. The van der Waals surface area contributed by atoms with Crippen molar-refractivity contribution in [3.63, 3.8) is 0 Å². The maximum Gasteiger partial charge on any atom is 0.249 e. The Bertz CT molecular complexity index is 1040. The van der Waals surface area contributed by atoms with Crippen molar-refractivity contribution in [3.05, 3.63) is 46.0 Å². The highest BCUT2D eigenvalue weighted by molar-refractivity contribution is 7.94. The second kappa shape index (κ2) is 11.4. The second-order valence-corrected chi connectivity index (χ2v) is 12.1. The number of allylic oxidation sites excluding steroid dienone is 2. The zero-order valence-electron chi connectivity index (χ0n) is 21.3. The Kier molecular flexibility index (Phi) is 8.48. The van der Waals surface area contributed by atoms with Crippen LogP contribution in [0, 0.1) is 0 Å². The first-order valence-electron chi connectivity index (χ1n) is 13.6. The summed E-state index contributed by atoms with van der Waals surface area (Å²) in [4.78, 5) is 29.4. The van der Waals surface area contributed by atoms with Gasteiger partial charge in [0.05, 0.1) is 0 Å². The molecule has 6 nitrogen and oxygen atoms in total. The average Bonchev–Trinajstić information content (AvgIpc) is 2.87. The van der Waals surface area contributed by atoms with Crippen LogP contribution in [-0.4, -0.2) is 54.4 Å². The maximum atomic E-state index is 14.6. The summed E-state index contributed by atoms with van der Waals surface area (Å²) in [6.07, 6.45) is 11.1. The van der Waals surface area contributed by atoms with Gasteiger partial charge < -0.3 is 4.90 Å². The summed E-state index contributed by atoms with van der Waals surface area (Å²) in [7, 11) is -4.18. The largest absolute Gasteiger partial charge is 0.367 e. The van der Waals surface area contributed by atoms with E-state index in [4.69, 9.17) is 0 Å². The summed E-state index contributed by atoms with van der Waals surface area (Å²) in [6.45, 7) is 5.10. The molecule has 0 amide bonds. The molecule has 0 heterocycles. The van der Waals surface area contributed by atoms with Crippen molar-refractivity contribution in [2.75, 3.05) is 13.1 Å². The Morgan fingerprint density at radius 2 is 1.20 bits per heavy atom. The molecular formula is C28H40N2O4S. The van der Waals surface area contributed by atoms with E-state index in [0.717, 1.165) is 77.0 Å². The molecule has 3 aliphatic rings. The van der Waals surface area contributed by atoms with Crippen molar-refractivity contribution >= 4 is 21.6 Å². The molecule has 0 atom stereocenters. The third-order valence-corrected chi connectivity index (χ3v) is 9.81. The molecule has 1 aromatic carbocycles. The van der Waals surface area contributed by atoms with Crippen LogP contribution in [0.25, 0.3) is 0 Å². The van der Waals surface area contributed by atoms with E-state index in [1.165, 1.54) is 0 Å². The van der Waals surface area contributed by atoms with Crippen LogP contribution in [0.3, 0.4) is 0 Å². The first kappa shape index (κ1) is 26.1. The van der Waals surface area contributed by atoms with E-state index in [-0.39, 0.29) is 34.0 Å². The molecule has 0 spiro atoms. The first-order chi connectivity index (χ1) is 16.9. The summed E-state index contributed by atoms with van der Waals surface area (Å²) in [5.41, 5.74) is 0.611. The molecule has 0 bridgehead atoms. The molecule has 4 rings (SSSR count). The Hall–Kier alpha value is -1.99. The fourth-order valence-corrected chi connectivity index (χ4v) is 8.44. The third kappa shape index (κ3) is 5.12. The molecule has 35 heavy (non-hydrogen) atoms. The lowest BCUT2D eigenvalue weighted by Crippen LogP contribution is -2.51. The van der Waals surface area contributed by atoms with Gasteiger partial charge in [0.25, 0.3) is 0 Å². The van der Waals surface area contributed by atoms with Gasteiger partial charge in [0.1, 0.15) is 5.70 Å². The van der Waals surface area contributed by atoms with Crippen LogP contribution < -0.4 is 0 Å². The molecule has 0 saturated heterocycles. The van der Waals surface area contributed by atoms with Crippen LogP contribution in [0.5, 0.6) is 0 Å². The number of carbonyl (C=O) groups is 2. The van der Waals surface area contributed by atoms with Gasteiger partial charge in [-0.05, 0) is 38.5 Å². The number of hydrogen-bond acceptors (Lipinski definition) is 5. The quantitative estimate of drug-likeness (QED) is 0.435. The predicted octanol–water partition coefficient (Wildman–Crippen LogP) is 5.70. The number of benzene rings is 1. The third-order valence-electron chi connectivity index (χ3n) is 7.76. The van der Waals surface area contributed by atoms with Crippen molar-refractivity contribution in [1.82, 2.24) is 9.21 Å². The number of rotatable bonds is 9. The van der Waals surface area contributed by atoms with E-state index < -0.39 is 15.8 Å². The number of nitrogens with zero attached hydrogens (tertiary/aromatic N) is 2. The van der Waals surface area contributed by atoms with Crippen molar-refractivity contribution in [2.24, 2.45) is 0 Å². The van der Waals surface area contributed by atoms with Crippen LogP contribution in [-0.2, 0) is 10.0 Å². The van der Waals surface area contributed by atoms with Crippen LogP contribution in [0.2, 0.25) is 0 Å². The van der Waals surface area contributed by atoms with E-state index >= 15 is 0 Å². The van der Waals surface area contributed by atoms with E-state index in [2.05, 4.69) is 0 Å². The molecule has 192 valence electrons. The van der Waals surface area contributed by atoms with Gasteiger partial charge in [0, 0.05) is 36.3 Å². The number of fused-ring (bicyclic) bond motifs is 1. The fraction of sp³-hybridized carbons (Fsp3) is 0.643. The van der Waals surface area contributed by atoms with Crippen molar-refractivity contribution in [1.29, 1.82) is 0 Å². The molecule has 0 N–H and O–H groups in total. The zero-order chi connectivity index (χ0) is 25.0. The molecule has 2 saturated carbocycles. The smallest absolute Gasteiger partial charge is 0.249 e. The lowest BCUT2D eigenvalue weighted by Gasteiger charge is -2.42. The molecule has 2 fully saturated rings. The van der Waals surface area contributed by atoms with Crippen molar-refractivity contribution < 1.29 is 18.0 Å². The summed E-state index contributed by atoms with van der Waals surface area (Å²) in [5.74, 6) is -0.864. The Labute approximate surface area is 210 Å². The topological polar surface area (TPSA) is 74.8 Å². The van der Waals surface area contributed by atoms with E-state index in [9.17, 15) is 18.0 Å². The Morgan fingerprint density at radius 1 is 0.743 bits per heavy atom. The van der Waals surface area contributed by atoms with Gasteiger partial charge in [-0.3, -0.25) is 9.59 Å². The summed E-state index contributed by atoms with van der Waals surface area (Å²) >= 11 is 0. The standard InChI is InChI=1S/C28H40N2O4S/c1-3-19-29(20-4-2)25-26(31)23-17-11-12-18-24(23)27(32)28(25)35(33,34)30(21-13-7-5-8-14-21)22-15-9-6-10-16-22/h11-12,17-18,21-22H,3-10,13-16,19-20H2,1-2H3. The van der Waals surface area contributed by atoms with Gasteiger partial charge in [0.2, 0.25) is 21.6 Å². The summed E-state index contributed by atoms with van der Waals surface area (Å²) in [6, 6.07) is 6.48. The minimum Gasteiger partial charge on any atom is -0.367 e. The predicted molar refractivity (Wildman–Crippen MR) is 139 cm³/mol. The van der Waals surface area contributed by atoms with E-state index in [0.29, 0.717) is 18.7 Å². The first-order valence-corrected chi connectivity index (χ1v) is 15.1. The lowest BCUT2D eigenvalue weighted by molar-refractivity contribution is 0.0943. The zero-order valence-corrected chi connectivity index (χ0v) is 22.1. The minimum absolute atomic E-state index is 0.0917. The van der Waals surface area contributed by atoms with E-state index in [1.807, 2.05) is 18.7 Å². The average molecular weight is 501 g/mol. The molecular weight excluding hydrogens is 460 g/mol. The van der Waals surface area contributed by atoms with Gasteiger partial charge in [-0.15, -0.1) is 0 Å². The van der Waals surface area contributed by atoms with Crippen LogP contribution in [0.4, 0.5) is 0 Å². The number of carbonyl (C=O) groups excluding carboxylic acids is 2. The molecule has 0 aromatic heterocycles. The fourth-order valence-electron chi connectivity index (χ4n) is 6.21. The lowest BCUT2D eigenvalue weighted by atomic mass is 9.91. The van der Waals surface area contributed by atoms with Gasteiger partial charge >= 0.3 is 0 Å². The molecule has 7 heteroatoms. The summed E-state index contributed by atoms with van der Waals surface area (Å²) in [5, 5.41) is 0. The minimum atomic E-state index is -4.18.